The fraction of sp³-hybridized carbons (Fsp3) is 0.929. The van der Waals surface area contributed by atoms with Crippen molar-refractivity contribution in [1.29, 1.82) is 0 Å². The van der Waals surface area contributed by atoms with Crippen molar-refractivity contribution in [3.63, 3.8) is 0 Å². The van der Waals surface area contributed by atoms with Gasteiger partial charge in [0.05, 0.1) is 0 Å². The molecule has 0 N–H and O–H groups in total. The van der Waals surface area contributed by atoms with Crippen LogP contribution >= 0.6 is 15.9 Å². The van der Waals surface area contributed by atoms with Crippen LogP contribution in [-0.2, 0) is 4.74 Å². The summed E-state index contributed by atoms with van der Waals surface area (Å²) in [7, 11) is 0. The van der Waals surface area contributed by atoms with E-state index in [-0.39, 0.29) is 11.5 Å². The third-order valence-corrected chi connectivity index (χ3v) is 3.72. The number of ether oxygens (including phenoxy) is 1. The molecular weight excluding hydrogens is 294 g/mol. The van der Waals surface area contributed by atoms with Gasteiger partial charge in [-0.15, -0.1) is 0 Å². The van der Waals surface area contributed by atoms with Crippen LogP contribution < -0.4 is 0 Å². The first-order valence-corrected chi connectivity index (χ1v) is 7.82. The maximum atomic E-state index is 12.3. The summed E-state index contributed by atoms with van der Waals surface area (Å²) in [6.45, 7) is 11.0. The van der Waals surface area contributed by atoms with Gasteiger partial charge in [-0.05, 0) is 45.4 Å². The number of piperidine rings is 1. The highest BCUT2D eigenvalue weighted by atomic mass is 79.9. The lowest BCUT2D eigenvalue weighted by Gasteiger charge is -2.43. The molecule has 4 heteroatoms. The number of nitrogens with zero attached hydrogens (tertiary/aromatic N) is 1. The second kappa shape index (κ2) is 5.81. The number of carbonyl (C=O) groups excluding carboxylic acids is 1. The van der Waals surface area contributed by atoms with Crippen LogP contribution in [0.4, 0.5) is 4.79 Å². The van der Waals surface area contributed by atoms with Gasteiger partial charge in [-0.1, -0.05) is 29.8 Å². The molecule has 106 valence electrons. The van der Waals surface area contributed by atoms with Crippen molar-refractivity contribution in [2.45, 2.75) is 65.5 Å². The Bertz CT molecular complexity index is 297. The summed E-state index contributed by atoms with van der Waals surface area (Å²) >= 11 is 3.47. The lowest BCUT2D eigenvalue weighted by molar-refractivity contribution is -0.00770. The number of alkyl halides is 1. The molecule has 1 aliphatic heterocycles. The number of hydrogen-bond donors (Lipinski definition) is 0. The fourth-order valence-electron chi connectivity index (χ4n) is 2.34. The summed E-state index contributed by atoms with van der Waals surface area (Å²) in [5, 5.41) is 0.928. The maximum absolute atomic E-state index is 12.3. The summed E-state index contributed by atoms with van der Waals surface area (Å²) in [5.74, 6) is 0. The minimum atomic E-state index is -0.419. The van der Waals surface area contributed by atoms with Gasteiger partial charge in [-0.25, -0.2) is 4.79 Å². The average molecular weight is 320 g/mol. The van der Waals surface area contributed by atoms with Crippen LogP contribution in [0, 0.1) is 5.41 Å². The van der Waals surface area contributed by atoms with Crippen molar-refractivity contribution >= 4 is 22.0 Å². The van der Waals surface area contributed by atoms with Crippen LogP contribution in [0.15, 0.2) is 0 Å². The third-order valence-electron chi connectivity index (χ3n) is 3.26. The second-order valence-corrected chi connectivity index (χ2v) is 7.74. The molecule has 0 bridgehead atoms. The highest BCUT2D eigenvalue weighted by molar-refractivity contribution is 9.09. The van der Waals surface area contributed by atoms with Crippen LogP contribution in [0.1, 0.15) is 53.9 Å². The SMILES string of the molecule is CC1(C)CCC(CCBr)N(C(=O)OC(C)(C)C)C1. The molecule has 1 amide bonds. The Balaban J connectivity index is 2.75. The van der Waals surface area contributed by atoms with Crippen LogP contribution in [0.2, 0.25) is 0 Å². The Morgan fingerprint density at radius 2 is 2.06 bits per heavy atom. The van der Waals surface area contributed by atoms with Crippen molar-refractivity contribution in [2.24, 2.45) is 5.41 Å². The minimum absolute atomic E-state index is 0.166. The van der Waals surface area contributed by atoms with Crippen molar-refractivity contribution < 1.29 is 9.53 Å². The normalized spacial score (nSPS) is 23.9. The van der Waals surface area contributed by atoms with Gasteiger partial charge in [0.25, 0.3) is 0 Å². The van der Waals surface area contributed by atoms with E-state index in [1.807, 2.05) is 25.7 Å². The number of hydrogen-bond acceptors (Lipinski definition) is 2. The molecule has 3 nitrogen and oxygen atoms in total. The molecular formula is C14H26BrNO2. The van der Waals surface area contributed by atoms with E-state index in [2.05, 4.69) is 29.8 Å². The summed E-state index contributed by atoms with van der Waals surface area (Å²) in [6.07, 6.45) is 3.07. The number of halogens is 1. The van der Waals surface area contributed by atoms with E-state index >= 15 is 0 Å². The summed E-state index contributed by atoms with van der Waals surface area (Å²) in [4.78, 5) is 14.2. The zero-order valence-electron chi connectivity index (χ0n) is 12.3. The van der Waals surface area contributed by atoms with Gasteiger partial charge < -0.3 is 9.64 Å². The predicted octanol–water partition coefficient (Wildman–Crippen LogP) is 4.20. The standard InChI is InChI=1S/C14H26BrNO2/c1-13(2,3)18-12(17)16-10-14(4,5)8-6-11(16)7-9-15/h11H,6-10H2,1-5H3. The highest BCUT2D eigenvalue weighted by Crippen LogP contribution is 2.34. The molecule has 1 aliphatic rings. The topological polar surface area (TPSA) is 29.5 Å². The van der Waals surface area contributed by atoms with Crippen molar-refractivity contribution in [3.05, 3.63) is 0 Å². The molecule has 0 radical (unpaired) electrons. The zero-order valence-corrected chi connectivity index (χ0v) is 13.8. The monoisotopic (exact) mass is 319 g/mol. The summed E-state index contributed by atoms with van der Waals surface area (Å²) < 4.78 is 5.52. The fourth-order valence-corrected chi connectivity index (χ4v) is 2.87. The molecule has 1 unspecified atom stereocenters. The molecule has 1 fully saturated rings. The Morgan fingerprint density at radius 3 is 2.56 bits per heavy atom. The van der Waals surface area contributed by atoms with E-state index in [1.54, 1.807) is 0 Å². The van der Waals surface area contributed by atoms with E-state index in [0.29, 0.717) is 6.04 Å². The quantitative estimate of drug-likeness (QED) is 0.714. The predicted molar refractivity (Wildman–Crippen MR) is 78.2 cm³/mol. The smallest absolute Gasteiger partial charge is 0.410 e. The number of rotatable bonds is 2. The molecule has 0 aromatic rings. The van der Waals surface area contributed by atoms with Gasteiger partial charge in [0.1, 0.15) is 5.60 Å². The van der Waals surface area contributed by atoms with Gasteiger partial charge in [-0.2, -0.15) is 0 Å². The van der Waals surface area contributed by atoms with Gasteiger partial charge in [0, 0.05) is 17.9 Å². The number of likely N-dealkylation sites (tertiary alicyclic amines) is 1. The first kappa shape index (κ1) is 15.8. The van der Waals surface area contributed by atoms with E-state index in [4.69, 9.17) is 4.74 Å². The Hall–Kier alpha value is -0.250. The van der Waals surface area contributed by atoms with Crippen LogP contribution in [0.3, 0.4) is 0 Å². The molecule has 1 saturated heterocycles. The number of amides is 1. The zero-order chi connectivity index (χ0) is 14.0. The minimum Gasteiger partial charge on any atom is -0.444 e. The Kier molecular flexibility index (Phi) is 5.10. The van der Waals surface area contributed by atoms with Crippen molar-refractivity contribution in [2.75, 3.05) is 11.9 Å². The lowest BCUT2D eigenvalue weighted by atomic mass is 9.81. The van der Waals surface area contributed by atoms with Crippen LogP contribution in [0.5, 0.6) is 0 Å². The van der Waals surface area contributed by atoms with Crippen LogP contribution in [-0.4, -0.2) is 34.5 Å². The lowest BCUT2D eigenvalue weighted by Crippen LogP contribution is -2.51. The molecule has 0 aliphatic carbocycles. The Morgan fingerprint density at radius 1 is 1.44 bits per heavy atom. The summed E-state index contributed by atoms with van der Waals surface area (Å²) in [6, 6.07) is 0.312. The van der Waals surface area contributed by atoms with E-state index in [0.717, 1.165) is 24.7 Å². The molecule has 1 atom stereocenters. The van der Waals surface area contributed by atoms with Gasteiger partial charge in [0.15, 0.2) is 0 Å². The molecule has 0 spiro atoms. The number of carbonyl (C=O) groups is 1. The van der Waals surface area contributed by atoms with Crippen molar-refractivity contribution in [3.8, 4) is 0 Å². The molecule has 0 saturated carbocycles. The maximum Gasteiger partial charge on any atom is 0.410 e. The molecule has 1 rings (SSSR count). The van der Waals surface area contributed by atoms with Crippen LogP contribution in [0.25, 0.3) is 0 Å². The second-order valence-electron chi connectivity index (χ2n) is 6.94. The summed E-state index contributed by atoms with van der Waals surface area (Å²) in [5.41, 5.74) is -0.225. The van der Waals surface area contributed by atoms with E-state index in [9.17, 15) is 4.79 Å². The highest BCUT2D eigenvalue weighted by Gasteiger charge is 2.37. The third kappa shape index (κ3) is 4.79. The Labute approximate surface area is 119 Å². The van der Waals surface area contributed by atoms with Gasteiger partial charge in [0.2, 0.25) is 0 Å². The van der Waals surface area contributed by atoms with E-state index in [1.165, 1.54) is 6.42 Å². The van der Waals surface area contributed by atoms with Gasteiger partial charge in [-0.3, -0.25) is 0 Å². The first-order chi connectivity index (χ1) is 8.14. The van der Waals surface area contributed by atoms with E-state index < -0.39 is 5.60 Å². The molecule has 0 aromatic heterocycles. The van der Waals surface area contributed by atoms with Crippen molar-refractivity contribution in [1.82, 2.24) is 4.90 Å². The molecule has 1 heterocycles. The molecule has 18 heavy (non-hydrogen) atoms. The largest absolute Gasteiger partial charge is 0.444 e. The average Bonchev–Trinajstić information content (AvgIpc) is 2.18. The molecule has 0 aromatic carbocycles. The first-order valence-electron chi connectivity index (χ1n) is 6.70. The van der Waals surface area contributed by atoms with Gasteiger partial charge >= 0.3 is 6.09 Å².